The number of hydrogen-bond acceptors (Lipinski definition) is 5. The number of imidazole rings is 1. The molecule has 114 valence electrons. The Morgan fingerprint density at radius 3 is 2.95 bits per heavy atom. The molecule has 0 unspecified atom stereocenters. The minimum atomic E-state index is -0.188. The van der Waals surface area contributed by atoms with Crippen LogP contribution in [-0.2, 0) is 11.3 Å². The van der Waals surface area contributed by atoms with E-state index in [1.54, 1.807) is 11.3 Å². The number of carbonyl (C=O) groups excluding carboxylic acids is 1. The molecule has 0 spiro atoms. The van der Waals surface area contributed by atoms with Crippen molar-refractivity contribution in [1.82, 2.24) is 14.7 Å². The van der Waals surface area contributed by atoms with Crippen LogP contribution in [0, 0.1) is 5.92 Å². The lowest BCUT2D eigenvalue weighted by Gasteiger charge is -2.32. The Morgan fingerprint density at radius 2 is 2.29 bits per heavy atom. The number of nitrogens with zero attached hydrogens (tertiary/aromatic N) is 3. The lowest BCUT2D eigenvalue weighted by atomic mass is 9.93. The third-order valence-electron chi connectivity index (χ3n) is 4.09. The van der Waals surface area contributed by atoms with Crippen LogP contribution in [0.1, 0.15) is 25.0 Å². The van der Waals surface area contributed by atoms with Crippen molar-refractivity contribution in [2.45, 2.75) is 25.8 Å². The van der Waals surface area contributed by atoms with E-state index in [0.717, 1.165) is 43.3 Å². The number of nitrogens with one attached hydrogen (secondary N) is 1. The smallest absolute Gasteiger partial charge is 0.217 e. The molecule has 3 heterocycles. The van der Waals surface area contributed by atoms with Crippen LogP contribution >= 0.6 is 11.3 Å². The van der Waals surface area contributed by atoms with Crippen molar-refractivity contribution in [3.8, 4) is 0 Å². The predicted octanol–water partition coefficient (Wildman–Crippen LogP) is 1.21. The first-order chi connectivity index (χ1) is 10.2. The van der Waals surface area contributed by atoms with E-state index in [0.29, 0.717) is 12.3 Å². The van der Waals surface area contributed by atoms with Crippen molar-refractivity contribution in [3.05, 3.63) is 17.3 Å². The molecule has 21 heavy (non-hydrogen) atoms. The molecule has 3 N–H and O–H groups in total. The molecule has 0 atom stereocenters. The average molecular weight is 307 g/mol. The summed E-state index contributed by atoms with van der Waals surface area (Å²) in [5.74, 6) is 1.32. The van der Waals surface area contributed by atoms with E-state index < -0.39 is 0 Å². The lowest BCUT2D eigenvalue weighted by molar-refractivity contribution is -0.119. The Hall–Kier alpha value is -1.60. The summed E-state index contributed by atoms with van der Waals surface area (Å²) in [4.78, 5) is 19.2. The number of piperidine rings is 1. The maximum Gasteiger partial charge on any atom is 0.217 e. The number of fused-ring (bicyclic) bond motifs is 1. The third-order valence-corrected chi connectivity index (χ3v) is 4.84. The van der Waals surface area contributed by atoms with Gasteiger partial charge in [-0.25, -0.2) is 4.98 Å². The molecule has 2 aromatic heterocycles. The molecule has 0 aromatic carbocycles. The second-order valence-corrected chi connectivity index (χ2v) is 6.44. The van der Waals surface area contributed by atoms with Gasteiger partial charge in [-0.15, -0.1) is 11.3 Å². The van der Waals surface area contributed by atoms with Gasteiger partial charge in [0, 0.05) is 37.6 Å². The van der Waals surface area contributed by atoms with E-state index in [-0.39, 0.29) is 5.91 Å². The van der Waals surface area contributed by atoms with Gasteiger partial charge in [-0.2, -0.15) is 0 Å². The van der Waals surface area contributed by atoms with Gasteiger partial charge in [-0.1, -0.05) is 0 Å². The highest BCUT2D eigenvalue weighted by molar-refractivity contribution is 7.15. The highest BCUT2D eigenvalue weighted by atomic mass is 32.1. The van der Waals surface area contributed by atoms with Crippen molar-refractivity contribution < 1.29 is 4.79 Å². The highest BCUT2D eigenvalue weighted by Crippen LogP contribution is 2.29. The van der Waals surface area contributed by atoms with Gasteiger partial charge in [0.2, 0.25) is 5.91 Å². The standard InChI is InChI=1S/C14H21N5OS/c1-16-9-11-13(17-14-19(11)6-7-21-14)18-4-2-10(3-5-18)8-12(15)20/h6-7,10,16H,2-5,8-9H2,1H3,(H2,15,20). The van der Waals surface area contributed by atoms with E-state index in [1.165, 1.54) is 5.69 Å². The van der Waals surface area contributed by atoms with Gasteiger partial charge in [0.05, 0.1) is 5.69 Å². The fourth-order valence-electron chi connectivity index (χ4n) is 3.04. The first-order valence-corrected chi connectivity index (χ1v) is 8.19. The number of rotatable bonds is 5. The normalized spacial score (nSPS) is 16.7. The van der Waals surface area contributed by atoms with Crippen LogP contribution in [0.15, 0.2) is 11.6 Å². The second kappa shape index (κ2) is 6.03. The SMILES string of the molecule is CNCc1c(N2CCC(CC(N)=O)CC2)nc2sccn12. The summed E-state index contributed by atoms with van der Waals surface area (Å²) in [6.07, 6.45) is 4.60. The van der Waals surface area contributed by atoms with E-state index in [1.807, 2.05) is 7.05 Å². The lowest BCUT2D eigenvalue weighted by Crippen LogP contribution is -2.36. The molecule has 0 bridgehead atoms. The van der Waals surface area contributed by atoms with Crippen molar-refractivity contribution in [2.24, 2.45) is 11.7 Å². The summed E-state index contributed by atoms with van der Waals surface area (Å²) >= 11 is 1.66. The highest BCUT2D eigenvalue weighted by Gasteiger charge is 2.25. The fraction of sp³-hybridized carbons (Fsp3) is 0.571. The topological polar surface area (TPSA) is 75.7 Å². The number of anilines is 1. The summed E-state index contributed by atoms with van der Waals surface area (Å²) in [5, 5.41) is 5.28. The van der Waals surface area contributed by atoms with Crippen molar-refractivity contribution >= 4 is 28.0 Å². The summed E-state index contributed by atoms with van der Waals surface area (Å²) in [7, 11) is 1.95. The van der Waals surface area contributed by atoms with E-state index in [4.69, 9.17) is 10.7 Å². The van der Waals surface area contributed by atoms with E-state index in [2.05, 4.69) is 26.2 Å². The van der Waals surface area contributed by atoms with Gasteiger partial charge in [-0.05, 0) is 25.8 Å². The molecule has 1 aliphatic rings. The largest absolute Gasteiger partial charge is 0.370 e. The number of amides is 1. The quantitative estimate of drug-likeness (QED) is 0.870. The minimum absolute atomic E-state index is 0.188. The Bertz CT molecular complexity index is 626. The molecule has 0 saturated carbocycles. The number of thiazole rings is 1. The second-order valence-electron chi connectivity index (χ2n) is 5.57. The third kappa shape index (κ3) is 2.89. The van der Waals surface area contributed by atoms with Crippen molar-refractivity contribution in [1.29, 1.82) is 0 Å². The van der Waals surface area contributed by atoms with Gasteiger partial charge < -0.3 is 16.0 Å². The van der Waals surface area contributed by atoms with Crippen LogP contribution in [0.2, 0.25) is 0 Å². The van der Waals surface area contributed by atoms with Crippen molar-refractivity contribution in [2.75, 3.05) is 25.0 Å². The zero-order valence-electron chi connectivity index (χ0n) is 12.2. The summed E-state index contributed by atoms with van der Waals surface area (Å²) in [6.45, 7) is 2.69. The molecular formula is C14H21N5OS. The van der Waals surface area contributed by atoms with Gasteiger partial charge in [-0.3, -0.25) is 9.20 Å². The molecule has 1 amide bonds. The number of nitrogens with two attached hydrogens (primary N) is 1. The zero-order valence-corrected chi connectivity index (χ0v) is 13.0. The summed E-state index contributed by atoms with van der Waals surface area (Å²) in [6, 6.07) is 0. The number of hydrogen-bond donors (Lipinski definition) is 2. The molecule has 7 heteroatoms. The van der Waals surface area contributed by atoms with Gasteiger partial charge >= 0.3 is 0 Å². The summed E-state index contributed by atoms with van der Waals surface area (Å²) < 4.78 is 2.16. The van der Waals surface area contributed by atoms with Crippen LogP contribution in [0.3, 0.4) is 0 Å². The van der Waals surface area contributed by atoms with E-state index in [9.17, 15) is 4.79 Å². The molecule has 0 aliphatic carbocycles. The van der Waals surface area contributed by atoms with Crippen LogP contribution in [0.4, 0.5) is 5.82 Å². The Kier molecular flexibility index (Phi) is 4.12. The Labute approximate surface area is 127 Å². The van der Waals surface area contributed by atoms with Crippen LogP contribution in [-0.4, -0.2) is 35.4 Å². The number of aromatic nitrogens is 2. The molecule has 6 nitrogen and oxygen atoms in total. The average Bonchev–Trinajstić information content (AvgIpc) is 3.02. The van der Waals surface area contributed by atoms with Crippen molar-refractivity contribution in [3.63, 3.8) is 0 Å². The number of primary amides is 1. The molecular weight excluding hydrogens is 286 g/mol. The van der Waals surface area contributed by atoms with Gasteiger partial charge in [0.15, 0.2) is 10.8 Å². The van der Waals surface area contributed by atoms with Crippen LogP contribution in [0.5, 0.6) is 0 Å². The maximum atomic E-state index is 11.0. The Morgan fingerprint density at radius 1 is 1.52 bits per heavy atom. The summed E-state index contributed by atoms with van der Waals surface area (Å²) in [5.41, 5.74) is 6.50. The zero-order chi connectivity index (χ0) is 14.8. The van der Waals surface area contributed by atoms with E-state index >= 15 is 0 Å². The minimum Gasteiger partial charge on any atom is -0.370 e. The first-order valence-electron chi connectivity index (χ1n) is 7.31. The molecule has 1 aliphatic heterocycles. The fourth-order valence-corrected chi connectivity index (χ4v) is 3.77. The molecule has 1 fully saturated rings. The molecule has 3 rings (SSSR count). The number of carbonyl (C=O) groups is 1. The van der Waals surface area contributed by atoms with Crippen LogP contribution < -0.4 is 16.0 Å². The molecule has 0 radical (unpaired) electrons. The Balaban J connectivity index is 1.77. The van der Waals surface area contributed by atoms with Crippen LogP contribution in [0.25, 0.3) is 4.96 Å². The monoisotopic (exact) mass is 307 g/mol. The molecule has 2 aromatic rings. The van der Waals surface area contributed by atoms with Gasteiger partial charge in [0.1, 0.15) is 0 Å². The predicted molar refractivity (Wildman–Crippen MR) is 84.6 cm³/mol. The first kappa shape index (κ1) is 14.3. The maximum absolute atomic E-state index is 11.0. The van der Waals surface area contributed by atoms with Gasteiger partial charge in [0.25, 0.3) is 0 Å². The molecule has 1 saturated heterocycles.